The number of alkyl halides is 1. The number of methoxy groups -OCH3 is 1. The Hall–Kier alpha value is -0.730. The lowest BCUT2D eigenvalue weighted by molar-refractivity contribution is 0.0599. The molecule has 0 aromatic heterocycles. The molecule has 1 aromatic rings. The van der Waals surface area contributed by atoms with Crippen LogP contribution in [0.5, 0.6) is 0 Å². The number of benzene rings is 1. The Balaban J connectivity index is 3.27. The molecule has 4 heteroatoms. The Morgan fingerprint density at radius 1 is 1.50 bits per heavy atom. The minimum absolute atomic E-state index is 0.241. The molecule has 0 atom stereocenters. The number of halogens is 2. The number of carbonyl (C=O) groups is 1. The molecule has 0 aliphatic rings. The van der Waals surface area contributed by atoms with Crippen LogP contribution in [0, 0.1) is 6.92 Å². The van der Waals surface area contributed by atoms with Crippen LogP contribution in [-0.4, -0.2) is 13.1 Å². The van der Waals surface area contributed by atoms with Gasteiger partial charge in [0.1, 0.15) is 0 Å². The molecule has 1 rings (SSSR count). The molecule has 0 saturated heterocycles. The molecule has 14 heavy (non-hydrogen) atoms. The molecule has 2 nitrogen and oxygen atoms in total. The first-order valence-corrected chi connectivity index (χ1v) is 4.94. The van der Waals surface area contributed by atoms with Crippen molar-refractivity contribution in [3.8, 4) is 0 Å². The highest BCUT2D eigenvalue weighted by atomic mass is 35.5. The summed E-state index contributed by atoms with van der Waals surface area (Å²) in [5.41, 5.74) is 2.00. The molecular formula is C10H10Cl2O2. The molecule has 0 bridgehead atoms. The lowest BCUT2D eigenvalue weighted by Gasteiger charge is -2.07. The molecule has 0 spiro atoms. The number of rotatable bonds is 2. The Kier molecular flexibility index (Phi) is 3.78. The van der Waals surface area contributed by atoms with Gasteiger partial charge in [0, 0.05) is 10.9 Å². The van der Waals surface area contributed by atoms with Crippen LogP contribution in [0.15, 0.2) is 12.1 Å². The molecule has 0 saturated carbocycles. The SMILES string of the molecule is COC(=O)c1cc(C)c(Cl)cc1CCl. The zero-order valence-corrected chi connectivity index (χ0v) is 9.45. The van der Waals surface area contributed by atoms with Crippen molar-refractivity contribution in [2.75, 3.05) is 7.11 Å². The van der Waals surface area contributed by atoms with Crippen LogP contribution in [0.4, 0.5) is 0 Å². The van der Waals surface area contributed by atoms with E-state index in [0.717, 1.165) is 5.56 Å². The lowest BCUT2D eigenvalue weighted by Crippen LogP contribution is -2.05. The number of aryl methyl sites for hydroxylation is 1. The van der Waals surface area contributed by atoms with Gasteiger partial charge in [0.2, 0.25) is 0 Å². The van der Waals surface area contributed by atoms with Gasteiger partial charge >= 0.3 is 5.97 Å². The van der Waals surface area contributed by atoms with E-state index in [1.165, 1.54) is 7.11 Å². The maximum Gasteiger partial charge on any atom is 0.338 e. The summed E-state index contributed by atoms with van der Waals surface area (Å²) < 4.78 is 4.63. The molecule has 0 radical (unpaired) electrons. The van der Waals surface area contributed by atoms with Crippen molar-refractivity contribution in [1.29, 1.82) is 0 Å². The summed E-state index contributed by atoms with van der Waals surface area (Å²) in [6.45, 7) is 1.83. The third-order valence-electron chi connectivity index (χ3n) is 1.93. The second kappa shape index (κ2) is 4.67. The molecule has 0 amide bonds. The first-order chi connectivity index (χ1) is 6.60. The van der Waals surface area contributed by atoms with E-state index in [2.05, 4.69) is 4.74 Å². The van der Waals surface area contributed by atoms with Gasteiger partial charge in [0.05, 0.1) is 12.7 Å². The second-order valence-electron chi connectivity index (χ2n) is 2.88. The van der Waals surface area contributed by atoms with Gasteiger partial charge in [0.15, 0.2) is 0 Å². The van der Waals surface area contributed by atoms with Crippen molar-refractivity contribution in [3.05, 3.63) is 33.8 Å². The van der Waals surface area contributed by atoms with E-state index in [4.69, 9.17) is 23.2 Å². The summed E-state index contributed by atoms with van der Waals surface area (Å²) in [6.07, 6.45) is 0. The van der Waals surface area contributed by atoms with Crippen molar-refractivity contribution >= 4 is 29.2 Å². The quantitative estimate of drug-likeness (QED) is 0.579. The van der Waals surface area contributed by atoms with E-state index in [9.17, 15) is 4.79 Å². The van der Waals surface area contributed by atoms with Gasteiger partial charge < -0.3 is 4.74 Å². The highest BCUT2D eigenvalue weighted by Crippen LogP contribution is 2.22. The number of carbonyl (C=O) groups excluding carboxylic acids is 1. The van der Waals surface area contributed by atoms with Gasteiger partial charge in [0.25, 0.3) is 0 Å². The number of ether oxygens (including phenoxy) is 1. The smallest absolute Gasteiger partial charge is 0.338 e. The fourth-order valence-electron chi connectivity index (χ4n) is 1.13. The first kappa shape index (κ1) is 11.3. The maximum absolute atomic E-state index is 11.3. The molecule has 0 aliphatic heterocycles. The van der Waals surface area contributed by atoms with Gasteiger partial charge in [-0.25, -0.2) is 4.79 Å². The van der Waals surface area contributed by atoms with Crippen LogP contribution < -0.4 is 0 Å². The van der Waals surface area contributed by atoms with E-state index in [0.29, 0.717) is 16.1 Å². The highest BCUT2D eigenvalue weighted by molar-refractivity contribution is 6.31. The summed E-state index contributed by atoms with van der Waals surface area (Å²) in [7, 11) is 1.34. The largest absolute Gasteiger partial charge is 0.465 e. The van der Waals surface area contributed by atoms with Crippen LogP contribution in [0.3, 0.4) is 0 Å². The Morgan fingerprint density at radius 3 is 2.64 bits per heavy atom. The average Bonchev–Trinajstić information content (AvgIpc) is 2.20. The van der Waals surface area contributed by atoms with Crippen LogP contribution in [0.2, 0.25) is 5.02 Å². The summed E-state index contributed by atoms with van der Waals surface area (Å²) in [5, 5.41) is 0.605. The number of esters is 1. The van der Waals surface area contributed by atoms with E-state index < -0.39 is 0 Å². The molecule has 0 heterocycles. The van der Waals surface area contributed by atoms with Gasteiger partial charge in [-0.15, -0.1) is 11.6 Å². The summed E-state index contributed by atoms with van der Waals surface area (Å²) in [5.74, 6) is -0.148. The second-order valence-corrected chi connectivity index (χ2v) is 3.56. The maximum atomic E-state index is 11.3. The van der Waals surface area contributed by atoms with Gasteiger partial charge in [-0.2, -0.15) is 0 Å². The first-order valence-electron chi connectivity index (χ1n) is 4.03. The van der Waals surface area contributed by atoms with Crippen LogP contribution in [0.25, 0.3) is 0 Å². The molecule has 0 unspecified atom stereocenters. The zero-order chi connectivity index (χ0) is 10.7. The number of hydrogen-bond acceptors (Lipinski definition) is 2. The number of hydrogen-bond donors (Lipinski definition) is 0. The highest BCUT2D eigenvalue weighted by Gasteiger charge is 2.13. The van der Waals surface area contributed by atoms with Crippen LogP contribution in [0.1, 0.15) is 21.5 Å². The standard InChI is InChI=1S/C10H10Cl2O2/c1-6-3-8(10(13)14-2)7(5-11)4-9(6)12/h3-4H,5H2,1-2H3. The van der Waals surface area contributed by atoms with Crippen LogP contribution in [-0.2, 0) is 10.6 Å². The van der Waals surface area contributed by atoms with Crippen molar-refractivity contribution in [2.24, 2.45) is 0 Å². The average molecular weight is 233 g/mol. The third kappa shape index (κ3) is 2.20. The van der Waals surface area contributed by atoms with E-state index >= 15 is 0 Å². The third-order valence-corrected chi connectivity index (χ3v) is 2.63. The Morgan fingerprint density at radius 2 is 2.14 bits per heavy atom. The van der Waals surface area contributed by atoms with Crippen molar-refractivity contribution < 1.29 is 9.53 Å². The molecule has 76 valence electrons. The molecule has 0 N–H and O–H groups in total. The fraction of sp³-hybridized carbons (Fsp3) is 0.300. The van der Waals surface area contributed by atoms with Crippen molar-refractivity contribution in [1.82, 2.24) is 0 Å². The van der Waals surface area contributed by atoms with Gasteiger partial charge in [-0.3, -0.25) is 0 Å². The van der Waals surface area contributed by atoms with E-state index in [-0.39, 0.29) is 11.8 Å². The lowest BCUT2D eigenvalue weighted by atomic mass is 10.1. The van der Waals surface area contributed by atoms with Gasteiger partial charge in [-0.05, 0) is 30.2 Å². The minimum Gasteiger partial charge on any atom is -0.465 e. The van der Waals surface area contributed by atoms with E-state index in [1.54, 1.807) is 12.1 Å². The predicted molar refractivity (Wildman–Crippen MR) is 57.1 cm³/mol. The molecule has 1 aromatic carbocycles. The summed E-state index contributed by atoms with van der Waals surface area (Å²) in [4.78, 5) is 11.3. The fourth-order valence-corrected chi connectivity index (χ4v) is 1.54. The summed E-state index contributed by atoms with van der Waals surface area (Å²) in [6, 6.07) is 3.38. The summed E-state index contributed by atoms with van der Waals surface area (Å²) >= 11 is 11.6. The molecule has 0 aliphatic carbocycles. The van der Waals surface area contributed by atoms with Crippen molar-refractivity contribution in [2.45, 2.75) is 12.8 Å². The Bertz CT molecular complexity index is 361. The molecule has 0 fully saturated rings. The normalized spacial score (nSPS) is 10.0. The van der Waals surface area contributed by atoms with E-state index in [1.807, 2.05) is 6.92 Å². The Labute approximate surface area is 92.8 Å². The topological polar surface area (TPSA) is 26.3 Å². The molecular weight excluding hydrogens is 223 g/mol. The monoisotopic (exact) mass is 232 g/mol. The van der Waals surface area contributed by atoms with Gasteiger partial charge in [-0.1, -0.05) is 11.6 Å². The zero-order valence-electron chi connectivity index (χ0n) is 7.93. The predicted octanol–water partition coefficient (Wildman–Crippen LogP) is 3.17. The van der Waals surface area contributed by atoms with Crippen molar-refractivity contribution in [3.63, 3.8) is 0 Å². The minimum atomic E-state index is -0.389. The van der Waals surface area contributed by atoms with Crippen LogP contribution >= 0.6 is 23.2 Å².